The Labute approximate surface area is 828 Å². The van der Waals surface area contributed by atoms with Gasteiger partial charge in [0.1, 0.15) is 33.8 Å². The van der Waals surface area contributed by atoms with Gasteiger partial charge in [0.15, 0.2) is 0 Å². The van der Waals surface area contributed by atoms with Gasteiger partial charge in [0.25, 0.3) is 35.4 Å². The van der Waals surface area contributed by atoms with Crippen molar-refractivity contribution < 1.29 is 69.4 Å². The van der Waals surface area contributed by atoms with Crippen molar-refractivity contribution in [2.24, 2.45) is 37.8 Å². The van der Waals surface area contributed by atoms with Crippen molar-refractivity contribution in [1.82, 2.24) is 47.8 Å². The van der Waals surface area contributed by atoms with Gasteiger partial charge >= 0.3 is 12.5 Å². The molecule has 0 N–H and O–H groups in total. The molecule has 10 heterocycles. The number of halogens is 14. The number of piperidine rings is 4. The first-order valence-corrected chi connectivity index (χ1v) is 47.6. The van der Waals surface area contributed by atoms with Crippen LogP contribution in [0.15, 0.2) is 110 Å². The second-order valence-corrected chi connectivity index (χ2v) is 39.1. The zero-order valence-electron chi connectivity index (χ0n) is 77.2. The number of nitrogens with zero attached hydrogens (tertiary/aromatic N) is 12. The van der Waals surface area contributed by atoms with Crippen LogP contribution in [0.5, 0.6) is 5.75 Å². The lowest BCUT2D eigenvalue weighted by molar-refractivity contribution is -0.274. The largest absolute Gasteiger partial charge is 0.573 e. The van der Waals surface area contributed by atoms with E-state index in [0.717, 1.165) is 102 Å². The Morgan fingerprint density at radius 3 is 1.25 bits per heavy atom. The normalized spacial score (nSPS) is 14.8. The van der Waals surface area contributed by atoms with Gasteiger partial charge in [-0.3, -0.25) is 37.9 Å². The Balaban J connectivity index is 0.000000155. The lowest BCUT2D eigenvalue weighted by Crippen LogP contribution is -2.39. The molecule has 6 aromatic heterocycles. The molecule has 137 heavy (non-hydrogen) atoms. The van der Waals surface area contributed by atoms with E-state index in [1.807, 2.05) is 33.8 Å². The third kappa shape index (κ3) is 22.8. The number of likely N-dealkylation sites (tertiary alicyclic amines) is 4. The molecule has 0 aliphatic carbocycles. The zero-order valence-corrected chi connectivity index (χ0v) is 83.2. The van der Waals surface area contributed by atoms with Crippen LogP contribution in [0.1, 0.15) is 227 Å². The number of hydrogen-bond acceptors (Lipinski definition) is 13. The number of rotatable bonds is 15. The number of aromatic nitrogens is 6. The summed E-state index contributed by atoms with van der Waals surface area (Å²) in [7, 11) is 3.39. The second-order valence-electron chi connectivity index (χ2n) is 36.0. The summed E-state index contributed by atoms with van der Waals surface area (Å²) in [6.07, 6.45) is 3.78. The minimum absolute atomic E-state index is 0.0177. The Morgan fingerprint density at radius 2 is 0.825 bits per heavy atom. The summed E-state index contributed by atoms with van der Waals surface area (Å²) < 4.78 is 88.4. The standard InChI is InChI=1S/C27H27Cl2F3N2O3.C27H25Cl2N3O3.C25H23Cl2N3O2.C23H23Cl2F3N4O/c1-15-10-19(37-27(30,31)32)14-24-21(15)12-18(33(24)3)13-22-23(28)5-4-20(25(22)29)26(36)34-8-6-17(7-9-34)11-16(2)35;1-15-10-19(13-30)12-21-16(2)14-32(25(15)21)27(35)23-22(28)5-4-20(24(23)29)26(34)31-8-6-18(7-9-31)11-17(3)33;1-14-6-8-29(9-7-14)24(31)18-4-5-20(26)21(22(18)27)25(32)30-13-16(3)19-11-17(12-28)10-15(2)23(19)30;1-12-4-6-32(7-5-12)22(33)17-11-29-20(25)16(19(17)24)10-14-9-15-13(2)8-18(23(26,27)28)30-21(15)31(14)3/h4-5,10,12,14,17H,6-9,11,13H2,1-3H3;4-5,10,12,14,18H,6-9,11H2,1-3H3;4-5,10-11,13-14H,6-9H2,1-3H3;8-9,11-12H,4-7,10H2,1-3H3. The van der Waals surface area contributed by atoms with Gasteiger partial charge < -0.3 is 43.1 Å². The van der Waals surface area contributed by atoms with Crippen LogP contribution < -0.4 is 4.74 Å². The fraction of sp³-hybridized carbons (Fsp3) is 0.373. The van der Waals surface area contributed by atoms with E-state index in [-0.39, 0.29) is 134 Å². The molecule has 0 atom stereocenters. The zero-order chi connectivity index (χ0) is 99.7. The van der Waals surface area contributed by atoms with Gasteiger partial charge in [-0.25, -0.2) is 9.97 Å². The molecule has 0 radical (unpaired) electrons. The van der Waals surface area contributed by atoms with Crippen molar-refractivity contribution in [3.05, 3.63) is 256 Å². The Bertz CT molecular complexity index is 6930. The van der Waals surface area contributed by atoms with E-state index in [2.05, 4.69) is 40.7 Å². The molecule has 4 aliphatic heterocycles. The molecule has 21 nitrogen and oxygen atoms in total. The number of Topliss-reactive ketones (excluding diaryl/α,β-unsaturated/α-hetero) is 2. The van der Waals surface area contributed by atoms with Crippen molar-refractivity contribution in [2.45, 2.75) is 159 Å². The summed E-state index contributed by atoms with van der Waals surface area (Å²) in [6, 6.07) is 28.1. The summed E-state index contributed by atoms with van der Waals surface area (Å²) in [4.78, 5) is 118. The van der Waals surface area contributed by atoms with Crippen LogP contribution in [0, 0.1) is 87.9 Å². The van der Waals surface area contributed by atoms with Gasteiger partial charge in [0.05, 0.1) is 103 Å². The number of carbonyl (C=O) groups is 8. The molecule has 4 saturated heterocycles. The quantitative estimate of drug-likeness (QED) is 0.0684. The number of hydrogen-bond donors (Lipinski definition) is 0. The molecular weight excluding hydrogens is 1930 g/mol. The van der Waals surface area contributed by atoms with Crippen molar-refractivity contribution in [3.8, 4) is 17.9 Å². The number of alkyl halides is 6. The molecule has 6 aromatic carbocycles. The summed E-state index contributed by atoms with van der Waals surface area (Å²) in [5, 5.41) is 23.0. The minimum atomic E-state index is -4.79. The van der Waals surface area contributed by atoms with Gasteiger partial charge in [-0.2, -0.15) is 23.7 Å². The first kappa shape index (κ1) is 103. The molecule has 0 saturated carbocycles. The van der Waals surface area contributed by atoms with E-state index in [9.17, 15) is 75.2 Å². The maximum atomic E-state index is 13.7. The van der Waals surface area contributed by atoms with Gasteiger partial charge in [0.2, 0.25) is 0 Å². The minimum Gasteiger partial charge on any atom is -0.406 e. The van der Waals surface area contributed by atoms with Crippen LogP contribution in [-0.4, -0.2) is 154 Å². The van der Waals surface area contributed by atoms with Gasteiger partial charge in [-0.15, -0.1) is 13.2 Å². The first-order chi connectivity index (χ1) is 64.6. The summed E-state index contributed by atoms with van der Waals surface area (Å²) in [5.41, 5.74) is 10.3. The monoisotopic (exact) mass is 2030 g/mol. The van der Waals surface area contributed by atoms with Gasteiger partial charge in [-0.1, -0.05) is 107 Å². The molecule has 0 spiro atoms. The molecule has 16 rings (SSSR count). The topological polar surface area (TPSA) is 252 Å². The highest BCUT2D eigenvalue weighted by molar-refractivity contribution is 6.43. The number of ether oxygens (including phenoxy) is 1. The summed E-state index contributed by atoms with van der Waals surface area (Å²) >= 11 is 52.3. The van der Waals surface area contributed by atoms with Crippen LogP contribution in [-0.2, 0) is 42.7 Å². The molecule has 35 heteroatoms. The van der Waals surface area contributed by atoms with E-state index >= 15 is 0 Å². The van der Waals surface area contributed by atoms with Crippen molar-refractivity contribution in [2.75, 3.05) is 52.4 Å². The van der Waals surface area contributed by atoms with Crippen molar-refractivity contribution in [1.29, 1.82) is 10.5 Å². The fourth-order valence-corrected chi connectivity index (χ4v) is 20.8. The highest BCUT2D eigenvalue weighted by atomic mass is 35.5. The maximum absolute atomic E-state index is 13.7. The highest BCUT2D eigenvalue weighted by Gasteiger charge is 2.38. The fourth-order valence-electron chi connectivity index (χ4n) is 18.5. The molecule has 12 aromatic rings. The number of fused-ring (bicyclic) bond motifs is 4. The molecule has 718 valence electrons. The van der Waals surface area contributed by atoms with Crippen molar-refractivity contribution >= 4 is 184 Å². The number of nitriles is 2. The number of aryl methyl sites for hydroxylation is 8. The maximum Gasteiger partial charge on any atom is 0.573 e. The third-order valence-electron chi connectivity index (χ3n) is 26.1. The molecular formula is C102H98Cl8F6N12O9. The van der Waals surface area contributed by atoms with E-state index in [0.29, 0.717) is 149 Å². The lowest BCUT2D eigenvalue weighted by atomic mass is 9.91. The number of benzene rings is 6. The van der Waals surface area contributed by atoms with Crippen LogP contribution in [0.2, 0.25) is 40.3 Å². The molecule has 4 fully saturated rings. The van der Waals surface area contributed by atoms with Gasteiger partial charge in [0, 0.05) is 160 Å². The van der Waals surface area contributed by atoms with Crippen LogP contribution in [0.25, 0.3) is 43.7 Å². The SMILES string of the molecule is CC(=O)CC1CCN(C(=O)c2ccc(Cl)c(C(=O)n3cc(C)c4cc(C#N)cc(C)c43)c2Cl)CC1.CC(=O)CC1CCN(C(=O)c2ccc(Cl)c(Cc3cc4c(C)cc(OC(F)(F)F)cc4n3C)c2Cl)CC1.Cc1cc(C(F)(F)F)nc2c1cc(Cc1c(Cl)ncc(C(=O)N3CCC(C)CC3)c1Cl)n2C.Cc1cn(C(=O)c2c(Cl)ccc(C(=O)N3CCC(C)CC3)c2Cl)c2c(C)cc(C#N)cc12. The number of amides is 4. The first-order valence-electron chi connectivity index (χ1n) is 44.6. The summed E-state index contributed by atoms with van der Waals surface area (Å²) in [5.74, 6) is 0.0768. The number of pyridine rings is 2. The highest BCUT2D eigenvalue weighted by Crippen LogP contribution is 2.42. The third-order valence-corrected chi connectivity index (χ3v) is 29.1. The van der Waals surface area contributed by atoms with Crippen LogP contribution in [0.3, 0.4) is 0 Å². The Hall–Kier alpha value is -11.0. The molecule has 0 bridgehead atoms. The summed E-state index contributed by atoms with van der Waals surface area (Å²) in [6.45, 7) is 23.1. The van der Waals surface area contributed by atoms with Crippen LogP contribution in [0.4, 0.5) is 26.3 Å². The predicted octanol–water partition coefficient (Wildman–Crippen LogP) is 25.1. The molecule has 4 aliphatic rings. The van der Waals surface area contributed by atoms with Gasteiger partial charge in [-0.05, 0) is 254 Å². The predicted molar refractivity (Wildman–Crippen MR) is 522 cm³/mol. The Kier molecular flexibility index (Phi) is 32.3. The lowest BCUT2D eigenvalue weighted by Gasteiger charge is -2.32. The smallest absolute Gasteiger partial charge is 0.406 e. The van der Waals surface area contributed by atoms with Crippen LogP contribution >= 0.6 is 92.8 Å². The number of ketones is 2. The Morgan fingerprint density at radius 1 is 0.438 bits per heavy atom. The average molecular weight is 2030 g/mol. The second kappa shape index (κ2) is 42.8. The average Bonchev–Trinajstić information content (AvgIpc) is 1.63. The van der Waals surface area contributed by atoms with E-state index in [4.69, 9.17) is 92.8 Å². The number of carbonyl (C=O) groups excluding carboxylic acids is 8. The van der Waals surface area contributed by atoms with E-state index in [1.54, 1.807) is 144 Å². The van der Waals surface area contributed by atoms with E-state index in [1.165, 1.54) is 33.5 Å². The molecule has 0 unspecified atom stereocenters. The van der Waals surface area contributed by atoms with Crippen molar-refractivity contribution in [3.63, 3.8) is 0 Å². The van der Waals surface area contributed by atoms with E-state index < -0.39 is 30.0 Å². The molecule has 4 amide bonds.